The summed E-state index contributed by atoms with van der Waals surface area (Å²) in [5.74, 6) is 0.515. The first-order valence-electron chi connectivity index (χ1n) is 6.00. The molecule has 0 saturated carbocycles. The zero-order chi connectivity index (χ0) is 14.4. The summed E-state index contributed by atoms with van der Waals surface area (Å²) >= 11 is 0. The Balaban J connectivity index is 1.99. The maximum atomic E-state index is 11.9. The Morgan fingerprint density at radius 3 is 2.90 bits per heavy atom. The normalized spacial score (nSPS) is 9.60. The van der Waals surface area contributed by atoms with E-state index in [4.69, 9.17) is 10.00 Å². The first-order valence-corrected chi connectivity index (χ1v) is 6.00. The van der Waals surface area contributed by atoms with Crippen molar-refractivity contribution in [3.8, 4) is 11.8 Å². The number of rotatable bonds is 4. The maximum Gasteiger partial charge on any atom is 0.253 e. The summed E-state index contributed by atoms with van der Waals surface area (Å²) < 4.78 is 5.12. The fourth-order valence-electron chi connectivity index (χ4n) is 1.66. The maximum absolute atomic E-state index is 11.9. The Morgan fingerprint density at radius 1 is 1.40 bits per heavy atom. The van der Waals surface area contributed by atoms with E-state index in [1.165, 1.54) is 12.3 Å². The number of benzene rings is 1. The summed E-state index contributed by atoms with van der Waals surface area (Å²) in [7, 11) is 1.60. The number of hydrogen-bond acceptors (Lipinski definition) is 4. The van der Waals surface area contributed by atoms with E-state index in [0.717, 1.165) is 11.3 Å². The predicted molar refractivity (Wildman–Crippen MR) is 73.1 cm³/mol. The second-order valence-electron chi connectivity index (χ2n) is 4.08. The van der Waals surface area contributed by atoms with Gasteiger partial charge in [-0.1, -0.05) is 12.1 Å². The topological polar surface area (TPSA) is 75.0 Å². The van der Waals surface area contributed by atoms with Crippen molar-refractivity contribution in [2.24, 2.45) is 0 Å². The zero-order valence-electron chi connectivity index (χ0n) is 11.0. The lowest BCUT2D eigenvalue weighted by atomic mass is 10.2. The second kappa shape index (κ2) is 6.34. The van der Waals surface area contributed by atoms with E-state index < -0.39 is 0 Å². The van der Waals surface area contributed by atoms with Gasteiger partial charge in [0.1, 0.15) is 17.5 Å². The number of hydrogen-bond donors (Lipinski definition) is 1. The molecule has 0 fully saturated rings. The quantitative estimate of drug-likeness (QED) is 0.917. The Morgan fingerprint density at radius 2 is 2.25 bits per heavy atom. The SMILES string of the molecule is COc1cccc(CNC(=O)c2ccc(C#N)nc2)c1. The van der Waals surface area contributed by atoms with Crippen LogP contribution in [-0.2, 0) is 6.54 Å². The molecule has 1 aromatic heterocycles. The number of aromatic nitrogens is 1. The van der Waals surface area contributed by atoms with Crippen molar-refractivity contribution in [1.29, 1.82) is 5.26 Å². The fourth-order valence-corrected chi connectivity index (χ4v) is 1.66. The Hall–Kier alpha value is -2.87. The molecule has 0 unspecified atom stereocenters. The van der Waals surface area contributed by atoms with Gasteiger partial charge in [0.15, 0.2) is 0 Å². The fraction of sp³-hybridized carbons (Fsp3) is 0.133. The largest absolute Gasteiger partial charge is 0.497 e. The van der Waals surface area contributed by atoms with E-state index in [9.17, 15) is 4.79 Å². The minimum absolute atomic E-state index is 0.232. The number of ether oxygens (including phenoxy) is 1. The van der Waals surface area contributed by atoms with Gasteiger partial charge in [0.05, 0.1) is 12.7 Å². The monoisotopic (exact) mass is 267 g/mol. The van der Waals surface area contributed by atoms with E-state index in [-0.39, 0.29) is 11.6 Å². The molecule has 100 valence electrons. The van der Waals surface area contributed by atoms with E-state index in [1.807, 2.05) is 30.3 Å². The van der Waals surface area contributed by atoms with Gasteiger partial charge in [-0.25, -0.2) is 4.98 Å². The van der Waals surface area contributed by atoms with Crippen molar-refractivity contribution >= 4 is 5.91 Å². The lowest BCUT2D eigenvalue weighted by molar-refractivity contribution is 0.0950. The third kappa shape index (κ3) is 3.33. The summed E-state index contributed by atoms with van der Waals surface area (Å²) in [6.07, 6.45) is 1.39. The number of nitrogens with one attached hydrogen (secondary N) is 1. The number of carbonyl (C=O) groups is 1. The lowest BCUT2D eigenvalue weighted by Crippen LogP contribution is -2.22. The van der Waals surface area contributed by atoms with Crippen molar-refractivity contribution in [2.45, 2.75) is 6.54 Å². The van der Waals surface area contributed by atoms with E-state index in [1.54, 1.807) is 13.2 Å². The molecular weight excluding hydrogens is 254 g/mol. The predicted octanol–water partition coefficient (Wildman–Crippen LogP) is 1.89. The summed E-state index contributed by atoms with van der Waals surface area (Å²) in [6.45, 7) is 0.399. The first-order chi connectivity index (χ1) is 9.72. The van der Waals surface area contributed by atoms with Crippen molar-refractivity contribution in [3.05, 3.63) is 59.4 Å². The second-order valence-corrected chi connectivity index (χ2v) is 4.08. The van der Waals surface area contributed by atoms with Crippen molar-refractivity contribution < 1.29 is 9.53 Å². The van der Waals surface area contributed by atoms with Gasteiger partial charge in [0, 0.05) is 12.7 Å². The molecule has 1 amide bonds. The molecule has 2 aromatic rings. The van der Waals surface area contributed by atoms with Crippen LogP contribution in [0.1, 0.15) is 21.6 Å². The average Bonchev–Trinajstić information content (AvgIpc) is 2.53. The van der Waals surface area contributed by atoms with Crippen LogP contribution >= 0.6 is 0 Å². The highest BCUT2D eigenvalue weighted by atomic mass is 16.5. The van der Waals surface area contributed by atoms with Gasteiger partial charge in [-0.15, -0.1) is 0 Å². The molecule has 0 aliphatic carbocycles. The molecule has 0 saturated heterocycles. The number of pyridine rings is 1. The minimum atomic E-state index is -0.232. The van der Waals surface area contributed by atoms with Gasteiger partial charge < -0.3 is 10.1 Å². The Bertz CT molecular complexity index is 645. The van der Waals surface area contributed by atoms with Crippen LogP contribution in [0, 0.1) is 11.3 Å². The molecule has 0 bridgehead atoms. The Labute approximate surface area is 116 Å². The minimum Gasteiger partial charge on any atom is -0.497 e. The van der Waals surface area contributed by atoms with E-state index in [2.05, 4.69) is 10.3 Å². The summed E-state index contributed by atoms with van der Waals surface area (Å²) in [4.78, 5) is 15.8. The molecule has 2 rings (SSSR count). The molecular formula is C15H13N3O2. The number of methoxy groups -OCH3 is 1. The third-order valence-electron chi connectivity index (χ3n) is 2.73. The summed E-state index contributed by atoms with van der Waals surface area (Å²) in [5.41, 5.74) is 1.65. The van der Waals surface area contributed by atoms with Gasteiger partial charge in [-0.05, 0) is 29.8 Å². The number of nitrogens with zero attached hydrogens (tertiary/aromatic N) is 2. The molecule has 0 atom stereocenters. The Kier molecular flexibility index (Phi) is 4.30. The standard InChI is InChI=1S/C15H13N3O2/c1-20-14-4-2-3-11(7-14)9-18-15(19)12-5-6-13(8-16)17-10-12/h2-7,10H,9H2,1H3,(H,18,19). The summed E-state index contributed by atoms with van der Waals surface area (Å²) in [6, 6.07) is 12.5. The molecule has 5 nitrogen and oxygen atoms in total. The van der Waals surface area contributed by atoms with Gasteiger partial charge in [-0.2, -0.15) is 5.26 Å². The lowest BCUT2D eigenvalue weighted by Gasteiger charge is -2.06. The molecule has 0 spiro atoms. The van der Waals surface area contributed by atoms with Crippen molar-refractivity contribution in [2.75, 3.05) is 7.11 Å². The molecule has 1 N–H and O–H groups in total. The van der Waals surface area contributed by atoms with Crippen LogP contribution in [0.5, 0.6) is 5.75 Å². The first kappa shape index (κ1) is 13.6. The van der Waals surface area contributed by atoms with Crippen molar-refractivity contribution in [3.63, 3.8) is 0 Å². The number of amides is 1. The summed E-state index contributed by atoms with van der Waals surface area (Å²) in [5, 5.41) is 11.4. The van der Waals surface area contributed by atoms with Crippen LogP contribution in [0.25, 0.3) is 0 Å². The van der Waals surface area contributed by atoms with Crippen LogP contribution < -0.4 is 10.1 Å². The van der Waals surface area contributed by atoms with E-state index >= 15 is 0 Å². The number of carbonyl (C=O) groups excluding carboxylic acids is 1. The van der Waals surface area contributed by atoms with Crippen molar-refractivity contribution in [1.82, 2.24) is 10.3 Å². The molecule has 0 aliphatic heterocycles. The van der Waals surface area contributed by atoms with Gasteiger partial charge in [-0.3, -0.25) is 4.79 Å². The van der Waals surface area contributed by atoms with Crippen LogP contribution in [-0.4, -0.2) is 18.0 Å². The molecule has 0 radical (unpaired) electrons. The molecule has 5 heteroatoms. The molecule has 1 aromatic carbocycles. The van der Waals surface area contributed by atoms with E-state index in [0.29, 0.717) is 12.1 Å². The zero-order valence-corrected chi connectivity index (χ0v) is 11.0. The van der Waals surface area contributed by atoms with Gasteiger partial charge in [0.25, 0.3) is 5.91 Å². The smallest absolute Gasteiger partial charge is 0.253 e. The molecule has 0 aliphatic rings. The van der Waals surface area contributed by atoms with Crippen LogP contribution in [0.2, 0.25) is 0 Å². The van der Waals surface area contributed by atoms with Crippen LogP contribution in [0.15, 0.2) is 42.6 Å². The highest BCUT2D eigenvalue weighted by Gasteiger charge is 2.06. The van der Waals surface area contributed by atoms with Gasteiger partial charge >= 0.3 is 0 Å². The highest BCUT2D eigenvalue weighted by Crippen LogP contribution is 2.12. The number of nitriles is 1. The average molecular weight is 267 g/mol. The van der Waals surface area contributed by atoms with Crippen LogP contribution in [0.3, 0.4) is 0 Å². The molecule has 20 heavy (non-hydrogen) atoms. The van der Waals surface area contributed by atoms with Gasteiger partial charge in [0.2, 0.25) is 0 Å². The third-order valence-corrected chi connectivity index (χ3v) is 2.73. The molecule has 1 heterocycles. The highest BCUT2D eigenvalue weighted by molar-refractivity contribution is 5.93. The van der Waals surface area contributed by atoms with Crippen LogP contribution in [0.4, 0.5) is 0 Å².